The topological polar surface area (TPSA) is 33.1 Å². The van der Waals surface area contributed by atoms with E-state index in [9.17, 15) is 5.11 Å². The highest BCUT2D eigenvalue weighted by Gasteiger charge is 2.23. The van der Waals surface area contributed by atoms with Gasteiger partial charge in [-0.1, -0.05) is 24.3 Å². The average Bonchev–Trinajstić information content (AvgIpc) is 2.36. The van der Waals surface area contributed by atoms with E-state index in [4.69, 9.17) is 0 Å². The first-order valence-electron chi connectivity index (χ1n) is 5.81. The van der Waals surface area contributed by atoms with E-state index in [0.717, 1.165) is 22.8 Å². The van der Waals surface area contributed by atoms with Gasteiger partial charge in [-0.05, 0) is 36.8 Å². The standard InChI is InChI=1S/C15H17NO/c1-3-4-9-15(2,17)14-7-5-6-12-8-10-16-11-13(12)14/h3,5-8,10-11,17H,1,4,9H2,2H3. The van der Waals surface area contributed by atoms with Gasteiger partial charge in [0.05, 0.1) is 5.60 Å². The second-order valence-corrected chi connectivity index (χ2v) is 4.50. The van der Waals surface area contributed by atoms with Crippen LogP contribution in [0.2, 0.25) is 0 Å². The van der Waals surface area contributed by atoms with Gasteiger partial charge >= 0.3 is 0 Å². The Labute approximate surface area is 102 Å². The minimum atomic E-state index is -0.837. The lowest BCUT2D eigenvalue weighted by Gasteiger charge is -2.24. The van der Waals surface area contributed by atoms with E-state index in [1.165, 1.54) is 0 Å². The summed E-state index contributed by atoms with van der Waals surface area (Å²) in [5.74, 6) is 0. The van der Waals surface area contributed by atoms with E-state index < -0.39 is 5.60 Å². The summed E-state index contributed by atoms with van der Waals surface area (Å²) in [6, 6.07) is 7.93. The highest BCUT2D eigenvalue weighted by Crippen LogP contribution is 2.31. The number of aliphatic hydroxyl groups is 1. The smallest absolute Gasteiger partial charge is 0.0878 e. The molecule has 0 amide bonds. The predicted octanol–water partition coefficient (Wildman–Crippen LogP) is 3.41. The minimum absolute atomic E-state index is 0.671. The fourth-order valence-corrected chi connectivity index (χ4v) is 2.10. The van der Waals surface area contributed by atoms with Crippen LogP contribution in [0.3, 0.4) is 0 Å². The molecule has 1 unspecified atom stereocenters. The van der Waals surface area contributed by atoms with Crippen LogP contribution in [0.25, 0.3) is 10.8 Å². The van der Waals surface area contributed by atoms with Crippen molar-refractivity contribution in [2.75, 3.05) is 0 Å². The summed E-state index contributed by atoms with van der Waals surface area (Å²) >= 11 is 0. The molecule has 0 fully saturated rings. The van der Waals surface area contributed by atoms with E-state index in [1.54, 1.807) is 6.20 Å². The van der Waals surface area contributed by atoms with Crippen molar-refractivity contribution < 1.29 is 5.11 Å². The number of hydrogen-bond donors (Lipinski definition) is 1. The average molecular weight is 227 g/mol. The molecule has 2 rings (SSSR count). The lowest BCUT2D eigenvalue weighted by atomic mass is 9.88. The van der Waals surface area contributed by atoms with E-state index in [2.05, 4.69) is 11.6 Å². The van der Waals surface area contributed by atoms with Gasteiger partial charge in [0.15, 0.2) is 0 Å². The molecule has 1 aromatic carbocycles. The summed E-state index contributed by atoms with van der Waals surface area (Å²) in [5, 5.41) is 12.7. The van der Waals surface area contributed by atoms with Gasteiger partial charge < -0.3 is 5.11 Å². The summed E-state index contributed by atoms with van der Waals surface area (Å²) in [6.45, 7) is 5.54. The van der Waals surface area contributed by atoms with E-state index in [1.807, 2.05) is 43.5 Å². The first-order valence-corrected chi connectivity index (χ1v) is 5.81. The Morgan fingerprint density at radius 2 is 2.24 bits per heavy atom. The highest BCUT2D eigenvalue weighted by molar-refractivity contribution is 5.85. The number of rotatable bonds is 4. The Bertz CT molecular complexity index is 526. The normalized spacial score (nSPS) is 14.5. The molecule has 2 heteroatoms. The third-order valence-corrected chi connectivity index (χ3v) is 3.10. The van der Waals surface area contributed by atoms with Crippen molar-refractivity contribution in [3.8, 4) is 0 Å². The third kappa shape index (κ3) is 2.37. The SMILES string of the molecule is C=CCCC(C)(O)c1cccc2ccncc12. The van der Waals surface area contributed by atoms with Crippen LogP contribution in [0.15, 0.2) is 49.3 Å². The molecule has 2 nitrogen and oxygen atoms in total. The first kappa shape index (κ1) is 11.8. The molecule has 0 aliphatic heterocycles. The van der Waals surface area contributed by atoms with Crippen LogP contribution >= 0.6 is 0 Å². The largest absolute Gasteiger partial charge is 0.385 e. The predicted molar refractivity (Wildman–Crippen MR) is 70.7 cm³/mol. The van der Waals surface area contributed by atoms with Crippen LogP contribution in [0.1, 0.15) is 25.3 Å². The molecule has 2 aromatic rings. The zero-order chi connectivity index (χ0) is 12.3. The summed E-state index contributed by atoms with van der Waals surface area (Å²) < 4.78 is 0. The number of allylic oxidation sites excluding steroid dienone is 1. The minimum Gasteiger partial charge on any atom is -0.385 e. The number of hydrogen-bond acceptors (Lipinski definition) is 2. The van der Waals surface area contributed by atoms with Gasteiger partial charge in [0, 0.05) is 17.8 Å². The molecule has 1 atom stereocenters. The lowest BCUT2D eigenvalue weighted by Crippen LogP contribution is -2.21. The Kier molecular flexibility index (Phi) is 3.25. The Morgan fingerprint density at radius 1 is 1.41 bits per heavy atom. The summed E-state index contributed by atoms with van der Waals surface area (Å²) in [6.07, 6.45) is 6.88. The van der Waals surface area contributed by atoms with Crippen molar-refractivity contribution in [2.24, 2.45) is 0 Å². The molecule has 17 heavy (non-hydrogen) atoms. The molecule has 1 aromatic heterocycles. The highest BCUT2D eigenvalue weighted by atomic mass is 16.3. The molecular formula is C15H17NO. The van der Waals surface area contributed by atoms with Gasteiger partial charge in [0.25, 0.3) is 0 Å². The van der Waals surface area contributed by atoms with Gasteiger partial charge in [0.2, 0.25) is 0 Å². The van der Waals surface area contributed by atoms with Crippen molar-refractivity contribution in [3.05, 3.63) is 54.9 Å². The van der Waals surface area contributed by atoms with Gasteiger partial charge in [-0.2, -0.15) is 0 Å². The van der Waals surface area contributed by atoms with E-state index in [0.29, 0.717) is 6.42 Å². The Balaban J connectivity index is 2.50. The maximum atomic E-state index is 10.5. The zero-order valence-electron chi connectivity index (χ0n) is 10.1. The van der Waals surface area contributed by atoms with Crippen molar-refractivity contribution >= 4 is 10.8 Å². The van der Waals surface area contributed by atoms with Crippen molar-refractivity contribution in [1.82, 2.24) is 4.98 Å². The van der Waals surface area contributed by atoms with Gasteiger partial charge in [-0.25, -0.2) is 0 Å². The van der Waals surface area contributed by atoms with Crippen LogP contribution in [0.5, 0.6) is 0 Å². The van der Waals surface area contributed by atoms with Gasteiger partial charge in [-0.15, -0.1) is 6.58 Å². The molecule has 0 saturated carbocycles. The van der Waals surface area contributed by atoms with Crippen LogP contribution in [-0.4, -0.2) is 10.1 Å². The molecule has 0 radical (unpaired) electrons. The number of nitrogens with zero attached hydrogens (tertiary/aromatic N) is 1. The van der Waals surface area contributed by atoms with Crippen LogP contribution < -0.4 is 0 Å². The lowest BCUT2D eigenvalue weighted by molar-refractivity contribution is 0.0503. The maximum Gasteiger partial charge on any atom is 0.0878 e. The molecular weight excluding hydrogens is 210 g/mol. The number of aromatic nitrogens is 1. The molecule has 1 N–H and O–H groups in total. The van der Waals surface area contributed by atoms with Crippen molar-refractivity contribution in [1.29, 1.82) is 0 Å². The fraction of sp³-hybridized carbons (Fsp3) is 0.267. The number of fused-ring (bicyclic) bond motifs is 1. The molecule has 88 valence electrons. The first-order chi connectivity index (χ1) is 8.15. The molecule has 0 bridgehead atoms. The van der Waals surface area contributed by atoms with Crippen molar-refractivity contribution in [3.63, 3.8) is 0 Å². The second-order valence-electron chi connectivity index (χ2n) is 4.50. The molecule has 0 aliphatic rings. The van der Waals surface area contributed by atoms with Crippen LogP contribution in [0.4, 0.5) is 0 Å². The number of benzene rings is 1. The van der Waals surface area contributed by atoms with Crippen molar-refractivity contribution in [2.45, 2.75) is 25.4 Å². The van der Waals surface area contributed by atoms with E-state index in [-0.39, 0.29) is 0 Å². The van der Waals surface area contributed by atoms with Crippen LogP contribution in [-0.2, 0) is 5.60 Å². The molecule has 1 heterocycles. The molecule has 0 spiro atoms. The second kappa shape index (κ2) is 4.68. The van der Waals surface area contributed by atoms with Gasteiger partial charge in [0.1, 0.15) is 0 Å². The molecule has 0 saturated heterocycles. The van der Waals surface area contributed by atoms with Crippen LogP contribution in [0, 0.1) is 0 Å². The quantitative estimate of drug-likeness (QED) is 0.812. The number of pyridine rings is 1. The van der Waals surface area contributed by atoms with Gasteiger partial charge in [-0.3, -0.25) is 4.98 Å². The Hall–Kier alpha value is -1.67. The summed E-state index contributed by atoms with van der Waals surface area (Å²) in [4.78, 5) is 4.14. The summed E-state index contributed by atoms with van der Waals surface area (Å²) in [5.41, 5.74) is 0.0986. The molecule has 0 aliphatic carbocycles. The fourth-order valence-electron chi connectivity index (χ4n) is 2.10. The zero-order valence-corrected chi connectivity index (χ0v) is 10.1. The monoisotopic (exact) mass is 227 g/mol. The maximum absolute atomic E-state index is 10.5. The van der Waals surface area contributed by atoms with E-state index >= 15 is 0 Å². The summed E-state index contributed by atoms with van der Waals surface area (Å²) in [7, 11) is 0. The third-order valence-electron chi connectivity index (χ3n) is 3.10. The Morgan fingerprint density at radius 3 is 3.00 bits per heavy atom.